The number of aromatic amines is 1. The second kappa shape index (κ2) is 4.17. The van der Waals surface area contributed by atoms with E-state index in [1.54, 1.807) is 12.4 Å². The van der Waals surface area contributed by atoms with Crippen molar-refractivity contribution >= 4 is 11.7 Å². The molecule has 1 heterocycles. The highest BCUT2D eigenvalue weighted by Crippen LogP contribution is 2.08. The number of aromatic nitrogens is 1. The highest BCUT2D eigenvalue weighted by molar-refractivity contribution is 5.75. The average Bonchev–Trinajstić information content (AvgIpc) is 2.49. The van der Waals surface area contributed by atoms with Crippen LogP contribution in [0.2, 0.25) is 0 Å². The molecule has 1 rings (SSSR count). The molecule has 0 aliphatic carbocycles. The molecule has 0 saturated heterocycles. The van der Waals surface area contributed by atoms with Gasteiger partial charge in [-0.25, -0.2) is 0 Å². The molecule has 14 heavy (non-hydrogen) atoms. The highest BCUT2D eigenvalue weighted by atomic mass is 16.6. The molecule has 0 bridgehead atoms. The Morgan fingerprint density at radius 3 is 2.79 bits per heavy atom. The Bertz CT molecular complexity index is 286. The summed E-state index contributed by atoms with van der Waals surface area (Å²) < 4.78 is 5.12. The lowest BCUT2D eigenvalue weighted by molar-refractivity contribution is -0.152. The van der Waals surface area contributed by atoms with E-state index in [0.29, 0.717) is 0 Å². The normalized spacial score (nSPS) is 11.1. The number of nitrogens with one attached hydrogen (secondary N) is 2. The number of carbonyl (C=O) groups excluding carboxylic acids is 1. The maximum absolute atomic E-state index is 11.3. The highest BCUT2D eigenvalue weighted by Gasteiger charge is 2.15. The number of rotatable bonds is 3. The molecule has 78 valence electrons. The van der Waals surface area contributed by atoms with E-state index in [1.807, 2.05) is 26.8 Å². The molecular formula is C10H16N2O2. The van der Waals surface area contributed by atoms with E-state index < -0.39 is 5.60 Å². The molecule has 0 saturated carbocycles. The Hall–Kier alpha value is -1.45. The van der Waals surface area contributed by atoms with Gasteiger partial charge < -0.3 is 15.0 Å². The monoisotopic (exact) mass is 196 g/mol. The van der Waals surface area contributed by atoms with E-state index in [1.165, 1.54) is 0 Å². The van der Waals surface area contributed by atoms with Gasteiger partial charge in [0, 0.05) is 12.4 Å². The first-order valence-electron chi connectivity index (χ1n) is 4.56. The lowest BCUT2D eigenvalue weighted by Crippen LogP contribution is -2.28. The quantitative estimate of drug-likeness (QED) is 0.724. The second-order valence-corrected chi connectivity index (χ2v) is 4.04. The predicted molar refractivity (Wildman–Crippen MR) is 55.1 cm³/mol. The van der Waals surface area contributed by atoms with Gasteiger partial charge in [-0.05, 0) is 26.8 Å². The maximum Gasteiger partial charge on any atom is 0.325 e. The summed E-state index contributed by atoms with van der Waals surface area (Å²) >= 11 is 0. The van der Waals surface area contributed by atoms with Crippen molar-refractivity contribution in [2.45, 2.75) is 26.4 Å². The van der Waals surface area contributed by atoms with E-state index in [9.17, 15) is 4.79 Å². The Labute approximate surface area is 83.7 Å². The molecule has 1 aromatic rings. The molecule has 4 heteroatoms. The first kappa shape index (κ1) is 10.6. The van der Waals surface area contributed by atoms with Gasteiger partial charge >= 0.3 is 5.97 Å². The van der Waals surface area contributed by atoms with Crippen LogP contribution < -0.4 is 5.32 Å². The van der Waals surface area contributed by atoms with Crippen LogP contribution in [0.5, 0.6) is 0 Å². The van der Waals surface area contributed by atoms with Gasteiger partial charge in [0.1, 0.15) is 12.1 Å². The molecule has 4 nitrogen and oxygen atoms in total. The summed E-state index contributed by atoms with van der Waals surface area (Å²) in [5, 5.41) is 2.94. The molecule has 2 N–H and O–H groups in total. The summed E-state index contributed by atoms with van der Waals surface area (Å²) in [4.78, 5) is 14.1. The summed E-state index contributed by atoms with van der Waals surface area (Å²) in [6.07, 6.45) is 3.57. The number of hydrogen-bond acceptors (Lipinski definition) is 3. The zero-order valence-corrected chi connectivity index (χ0v) is 8.76. The van der Waals surface area contributed by atoms with Gasteiger partial charge in [0.25, 0.3) is 0 Å². The fourth-order valence-electron chi connectivity index (χ4n) is 0.986. The molecule has 0 aliphatic rings. The summed E-state index contributed by atoms with van der Waals surface area (Å²) in [5.74, 6) is -0.251. The number of carbonyl (C=O) groups is 1. The molecule has 0 radical (unpaired) electrons. The fourth-order valence-corrected chi connectivity index (χ4v) is 0.986. The van der Waals surface area contributed by atoms with Crippen LogP contribution in [0.15, 0.2) is 18.5 Å². The molecule has 0 spiro atoms. The van der Waals surface area contributed by atoms with Crippen molar-refractivity contribution in [3.05, 3.63) is 18.5 Å². The molecule has 0 aromatic carbocycles. The van der Waals surface area contributed by atoms with Crippen molar-refractivity contribution in [2.75, 3.05) is 11.9 Å². The van der Waals surface area contributed by atoms with Crippen molar-refractivity contribution in [1.82, 2.24) is 4.98 Å². The van der Waals surface area contributed by atoms with Crippen LogP contribution in [0.4, 0.5) is 5.69 Å². The van der Waals surface area contributed by atoms with E-state index in [0.717, 1.165) is 5.69 Å². The summed E-state index contributed by atoms with van der Waals surface area (Å²) in [6, 6.07) is 1.85. The number of hydrogen-bond donors (Lipinski definition) is 2. The van der Waals surface area contributed by atoms with Gasteiger partial charge in [-0.15, -0.1) is 0 Å². The zero-order chi connectivity index (χ0) is 10.6. The van der Waals surface area contributed by atoms with Gasteiger partial charge in [0.2, 0.25) is 0 Å². The number of ether oxygens (including phenoxy) is 1. The van der Waals surface area contributed by atoms with Crippen LogP contribution >= 0.6 is 0 Å². The van der Waals surface area contributed by atoms with Crippen molar-refractivity contribution in [2.24, 2.45) is 0 Å². The van der Waals surface area contributed by atoms with Gasteiger partial charge in [0.05, 0.1) is 5.69 Å². The molecule has 1 aromatic heterocycles. The maximum atomic E-state index is 11.3. The van der Waals surface area contributed by atoms with Crippen LogP contribution in [0.25, 0.3) is 0 Å². The second-order valence-electron chi connectivity index (χ2n) is 4.04. The van der Waals surface area contributed by atoms with Crippen molar-refractivity contribution < 1.29 is 9.53 Å². The number of anilines is 1. The Morgan fingerprint density at radius 2 is 2.29 bits per heavy atom. The Balaban J connectivity index is 2.29. The molecule has 0 fully saturated rings. The van der Waals surface area contributed by atoms with Crippen LogP contribution in [0.1, 0.15) is 20.8 Å². The van der Waals surface area contributed by atoms with Crippen molar-refractivity contribution in [1.29, 1.82) is 0 Å². The van der Waals surface area contributed by atoms with E-state index in [2.05, 4.69) is 10.3 Å². The number of esters is 1. The van der Waals surface area contributed by atoms with E-state index in [4.69, 9.17) is 4.74 Å². The average molecular weight is 196 g/mol. The van der Waals surface area contributed by atoms with Crippen LogP contribution in [0, 0.1) is 0 Å². The van der Waals surface area contributed by atoms with E-state index >= 15 is 0 Å². The standard InChI is InChI=1S/C10H16N2O2/c1-10(2,3)14-9(13)7-12-8-4-5-11-6-8/h4-6,11-12H,7H2,1-3H3. The zero-order valence-electron chi connectivity index (χ0n) is 8.76. The minimum Gasteiger partial charge on any atom is -0.459 e. The predicted octanol–water partition coefficient (Wildman–Crippen LogP) is 1.77. The van der Waals surface area contributed by atoms with Gasteiger partial charge in [-0.1, -0.05) is 0 Å². The summed E-state index contributed by atoms with van der Waals surface area (Å²) in [7, 11) is 0. The molecule has 0 aliphatic heterocycles. The van der Waals surface area contributed by atoms with Gasteiger partial charge in [0.15, 0.2) is 0 Å². The summed E-state index contributed by atoms with van der Waals surface area (Å²) in [6.45, 7) is 5.73. The molecular weight excluding hydrogens is 180 g/mol. The molecule has 0 atom stereocenters. The van der Waals surface area contributed by atoms with Crippen LogP contribution in [-0.4, -0.2) is 23.1 Å². The molecule has 0 amide bonds. The fraction of sp³-hybridized carbons (Fsp3) is 0.500. The third-order valence-corrected chi connectivity index (χ3v) is 1.45. The topological polar surface area (TPSA) is 54.1 Å². The van der Waals surface area contributed by atoms with Crippen LogP contribution in [0.3, 0.4) is 0 Å². The number of H-pyrrole nitrogens is 1. The van der Waals surface area contributed by atoms with Crippen LogP contribution in [-0.2, 0) is 9.53 Å². The van der Waals surface area contributed by atoms with Gasteiger partial charge in [-0.2, -0.15) is 0 Å². The lowest BCUT2D eigenvalue weighted by atomic mass is 10.2. The van der Waals surface area contributed by atoms with Gasteiger partial charge in [-0.3, -0.25) is 4.79 Å². The summed E-state index contributed by atoms with van der Waals surface area (Å²) in [5.41, 5.74) is 0.465. The lowest BCUT2D eigenvalue weighted by Gasteiger charge is -2.19. The minimum atomic E-state index is -0.420. The van der Waals surface area contributed by atoms with Crippen molar-refractivity contribution in [3.63, 3.8) is 0 Å². The Morgan fingerprint density at radius 1 is 1.57 bits per heavy atom. The third-order valence-electron chi connectivity index (χ3n) is 1.45. The smallest absolute Gasteiger partial charge is 0.325 e. The molecule has 0 unspecified atom stereocenters. The largest absolute Gasteiger partial charge is 0.459 e. The minimum absolute atomic E-state index is 0.190. The first-order valence-corrected chi connectivity index (χ1v) is 4.56. The Kier molecular flexibility index (Phi) is 3.17. The van der Waals surface area contributed by atoms with E-state index in [-0.39, 0.29) is 12.5 Å². The van der Waals surface area contributed by atoms with Crippen molar-refractivity contribution in [3.8, 4) is 0 Å². The third kappa shape index (κ3) is 3.98. The first-order chi connectivity index (χ1) is 6.47. The SMILES string of the molecule is CC(C)(C)OC(=O)CNc1cc[nH]c1.